The average molecular weight is 673 g/mol. The van der Waals surface area contributed by atoms with Crippen molar-refractivity contribution in [3.63, 3.8) is 0 Å². The molecule has 0 saturated carbocycles. The number of anilines is 2. The number of aryl methyl sites for hydroxylation is 1. The lowest BCUT2D eigenvalue weighted by Crippen LogP contribution is -2.30. The Morgan fingerprint density at radius 3 is 2.17 bits per heavy atom. The van der Waals surface area contributed by atoms with Gasteiger partial charge in [0.15, 0.2) is 0 Å². The first-order chi connectivity index (χ1) is 23.3. The summed E-state index contributed by atoms with van der Waals surface area (Å²) < 4.78 is 2.28. The molecule has 0 aliphatic heterocycles. The van der Waals surface area contributed by atoms with E-state index in [1.165, 1.54) is 17.3 Å². The number of amides is 3. The molecule has 0 bridgehead atoms. The molecule has 0 spiro atoms. The van der Waals surface area contributed by atoms with Gasteiger partial charge in [0, 0.05) is 55.2 Å². The SMILES string of the molecule is CCn1c2ccccc2c2cc(NC(=O)C(C)Sc3ccc(NC(=O)/C(=C/c4ccc(Cl)cc4)NC(=O)c4ccccc4)cc3)ccc21. The third-order valence-electron chi connectivity index (χ3n) is 7.86. The van der Waals surface area contributed by atoms with Crippen LogP contribution in [0.5, 0.6) is 0 Å². The lowest BCUT2D eigenvalue weighted by atomic mass is 10.1. The highest BCUT2D eigenvalue weighted by Crippen LogP contribution is 2.32. The van der Waals surface area contributed by atoms with Crippen molar-refractivity contribution in [2.24, 2.45) is 0 Å². The molecule has 5 aromatic carbocycles. The molecule has 3 amide bonds. The van der Waals surface area contributed by atoms with Crippen molar-refractivity contribution in [2.45, 2.75) is 30.5 Å². The van der Waals surface area contributed by atoms with E-state index in [2.05, 4.69) is 45.6 Å². The highest BCUT2D eigenvalue weighted by molar-refractivity contribution is 8.00. The molecular weight excluding hydrogens is 640 g/mol. The Bertz CT molecular complexity index is 2140. The number of nitrogens with zero attached hydrogens (tertiary/aromatic N) is 1. The van der Waals surface area contributed by atoms with E-state index in [1.54, 1.807) is 66.7 Å². The zero-order valence-electron chi connectivity index (χ0n) is 26.4. The molecule has 1 aromatic heterocycles. The van der Waals surface area contributed by atoms with Crippen LogP contribution in [0.15, 0.2) is 132 Å². The van der Waals surface area contributed by atoms with Crippen molar-refractivity contribution in [1.82, 2.24) is 9.88 Å². The number of carbonyl (C=O) groups excluding carboxylic acids is 3. The first-order valence-corrected chi connectivity index (χ1v) is 16.8. The quantitative estimate of drug-likeness (QED) is 0.100. The summed E-state index contributed by atoms with van der Waals surface area (Å²) in [7, 11) is 0. The third-order valence-corrected chi connectivity index (χ3v) is 9.22. The van der Waals surface area contributed by atoms with Crippen LogP contribution in [0.3, 0.4) is 0 Å². The second-order valence-corrected chi connectivity index (χ2v) is 13.0. The maximum absolute atomic E-state index is 13.4. The normalized spacial score (nSPS) is 12.1. The number of para-hydroxylation sites is 1. The molecule has 240 valence electrons. The minimum absolute atomic E-state index is 0.0763. The van der Waals surface area contributed by atoms with Gasteiger partial charge < -0.3 is 20.5 Å². The van der Waals surface area contributed by atoms with E-state index in [0.29, 0.717) is 21.8 Å². The standard InChI is InChI=1S/C39H33ClN4O3S/c1-3-44-35-12-8-7-11-32(35)33-24-30(19-22-36(33)44)42-37(45)25(2)48-31-20-17-29(18-21-31)41-39(47)34(23-26-13-15-28(40)16-14-26)43-38(46)27-9-5-4-6-10-27/h4-25H,3H2,1-2H3,(H,41,47)(H,42,45)(H,43,46)/b34-23-. The van der Waals surface area contributed by atoms with E-state index in [0.717, 1.165) is 33.4 Å². The third kappa shape index (κ3) is 7.46. The van der Waals surface area contributed by atoms with Gasteiger partial charge in [-0.2, -0.15) is 0 Å². The Kier molecular flexibility index (Phi) is 9.94. The fraction of sp³-hybridized carbons (Fsp3) is 0.103. The molecule has 1 atom stereocenters. The number of aromatic nitrogens is 1. The van der Waals surface area contributed by atoms with Gasteiger partial charge in [0.1, 0.15) is 5.70 Å². The van der Waals surface area contributed by atoms with Crippen molar-refractivity contribution in [3.8, 4) is 0 Å². The summed E-state index contributed by atoms with van der Waals surface area (Å²) in [5.74, 6) is -0.999. The molecule has 9 heteroatoms. The van der Waals surface area contributed by atoms with Gasteiger partial charge in [-0.1, -0.05) is 60.1 Å². The predicted octanol–water partition coefficient (Wildman–Crippen LogP) is 9.00. The minimum Gasteiger partial charge on any atom is -0.341 e. The number of fused-ring (bicyclic) bond motifs is 3. The number of benzene rings is 5. The summed E-state index contributed by atoms with van der Waals surface area (Å²) in [6, 6.07) is 37.2. The van der Waals surface area contributed by atoms with Gasteiger partial charge in [-0.15, -0.1) is 11.8 Å². The lowest BCUT2D eigenvalue weighted by molar-refractivity contribution is -0.115. The van der Waals surface area contributed by atoms with Gasteiger partial charge in [-0.3, -0.25) is 14.4 Å². The van der Waals surface area contributed by atoms with Crippen LogP contribution in [-0.4, -0.2) is 27.5 Å². The van der Waals surface area contributed by atoms with E-state index >= 15 is 0 Å². The van der Waals surface area contributed by atoms with Crippen LogP contribution in [0.2, 0.25) is 5.02 Å². The number of rotatable bonds is 10. The largest absolute Gasteiger partial charge is 0.341 e. The highest BCUT2D eigenvalue weighted by Gasteiger charge is 2.18. The Morgan fingerprint density at radius 1 is 0.771 bits per heavy atom. The first kappa shape index (κ1) is 32.6. The number of nitrogens with one attached hydrogen (secondary N) is 3. The molecular formula is C39H33ClN4O3S. The zero-order chi connectivity index (χ0) is 33.6. The molecule has 3 N–H and O–H groups in total. The van der Waals surface area contributed by atoms with E-state index in [4.69, 9.17) is 11.6 Å². The fourth-order valence-corrected chi connectivity index (χ4v) is 6.45. The Morgan fingerprint density at radius 2 is 1.44 bits per heavy atom. The Hall–Kier alpha value is -5.31. The topological polar surface area (TPSA) is 92.2 Å². The van der Waals surface area contributed by atoms with Gasteiger partial charge >= 0.3 is 0 Å². The van der Waals surface area contributed by atoms with Crippen LogP contribution >= 0.6 is 23.4 Å². The van der Waals surface area contributed by atoms with Gasteiger partial charge in [0.25, 0.3) is 11.8 Å². The molecule has 0 fully saturated rings. The molecule has 0 radical (unpaired) electrons. The van der Waals surface area contributed by atoms with Crippen molar-refractivity contribution in [1.29, 1.82) is 0 Å². The van der Waals surface area contributed by atoms with E-state index < -0.39 is 11.8 Å². The Balaban J connectivity index is 1.11. The number of hydrogen-bond donors (Lipinski definition) is 3. The minimum atomic E-state index is -0.485. The maximum atomic E-state index is 13.4. The Labute approximate surface area is 288 Å². The molecule has 0 aliphatic carbocycles. The van der Waals surface area contributed by atoms with Crippen LogP contribution in [0, 0.1) is 0 Å². The molecule has 0 saturated heterocycles. The average Bonchev–Trinajstić information content (AvgIpc) is 3.42. The van der Waals surface area contributed by atoms with E-state index in [1.807, 2.05) is 49.4 Å². The number of hydrogen-bond acceptors (Lipinski definition) is 4. The van der Waals surface area contributed by atoms with Gasteiger partial charge in [0.05, 0.1) is 5.25 Å². The second kappa shape index (κ2) is 14.6. The lowest BCUT2D eigenvalue weighted by Gasteiger charge is -2.14. The van der Waals surface area contributed by atoms with Crippen LogP contribution < -0.4 is 16.0 Å². The summed E-state index contributed by atoms with van der Waals surface area (Å²) in [4.78, 5) is 40.3. The molecule has 6 rings (SSSR count). The number of carbonyl (C=O) groups is 3. The van der Waals surface area contributed by atoms with Gasteiger partial charge in [0.2, 0.25) is 5.91 Å². The summed E-state index contributed by atoms with van der Waals surface area (Å²) >= 11 is 7.45. The molecule has 6 aromatic rings. The molecule has 48 heavy (non-hydrogen) atoms. The maximum Gasteiger partial charge on any atom is 0.272 e. The van der Waals surface area contributed by atoms with Gasteiger partial charge in [-0.25, -0.2) is 0 Å². The molecule has 0 aliphatic rings. The smallest absolute Gasteiger partial charge is 0.272 e. The summed E-state index contributed by atoms with van der Waals surface area (Å²) in [6.45, 7) is 4.85. The number of thioether (sulfide) groups is 1. The van der Waals surface area contributed by atoms with Crippen molar-refractivity contribution in [3.05, 3.63) is 143 Å². The van der Waals surface area contributed by atoms with Crippen molar-refractivity contribution in [2.75, 3.05) is 10.6 Å². The van der Waals surface area contributed by atoms with E-state index in [-0.39, 0.29) is 16.9 Å². The van der Waals surface area contributed by atoms with Crippen LogP contribution in [0.1, 0.15) is 29.8 Å². The van der Waals surface area contributed by atoms with E-state index in [9.17, 15) is 14.4 Å². The fourth-order valence-electron chi connectivity index (χ4n) is 5.46. The summed E-state index contributed by atoms with van der Waals surface area (Å²) in [5.41, 5.74) is 4.80. The monoisotopic (exact) mass is 672 g/mol. The van der Waals surface area contributed by atoms with Crippen molar-refractivity contribution < 1.29 is 14.4 Å². The summed E-state index contributed by atoms with van der Waals surface area (Å²) in [5, 5.41) is 11.1. The predicted molar refractivity (Wildman–Crippen MR) is 197 cm³/mol. The van der Waals surface area contributed by atoms with Crippen LogP contribution in [0.4, 0.5) is 11.4 Å². The van der Waals surface area contributed by atoms with Crippen molar-refractivity contribution >= 4 is 80.3 Å². The van der Waals surface area contributed by atoms with Crippen LogP contribution in [0.25, 0.3) is 27.9 Å². The van der Waals surface area contributed by atoms with Gasteiger partial charge in [-0.05, 0) is 98.3 Å². The molecule has 7 nitrogen and oxygen atoms in total. The second-order valence-electron chi connectivity index (χ2n) is 11.2. The first-order valence-electron chi connectivity index (χ1n) is 15.5. The zero-order valence-corrected chi connectivity index (χ0v) is 27.9. The molecule has 1 unspecified atom stereocenters. The molecule has 1 heterocycles. The summed E-state index contributed by atoms with van der Waals surface area (Å²) in [6.07, 6.45) is 1.59. The van der Waals surface area contributed by atoms with Crippen LogP contribution in [-0.2, 0) is 16.1 Å². The number of halogens is 1. The highest BCUT2D eigenvalue weighted by atomic mass is 35.5.